The van der Waals surface area contributed by atoms with Gasteiger partial charge in [0.25, 0.3) is 0 Å². The Kier molecular flexibility index (Phi) is 11.0. The second-order valence-corrected chi connectivity index (χ2v) is 7.22. The highest BCUT2D eigenvalue weighted by molar-refractivity contribution is 14.0. The molecule has 0 aliphatic carbocycles. The monoisotopic (exact) mass is 494 g/mol. The van der Waals surface area contributed by atoms with Crippen LogP contribution in [0.25, 0.3) is 0 Å². The van der Waals surface area contributed by atoms with Gasteiger partial charge >= 0.3 is 0 Å². The normalized spacial score (nSPS) is 23.6. The summed E-state index contributed by atoms with van der Waals surface area (Å²) in [5.41, 5.74) is 5.43. The molecule has 4 N–H and O–H groups in total. The molecular weight excluding hydrogens is 459 g/mol. The molecule has 0 radical (unpaired) electrons. The predicted molar refractivity (Wildman–Crippen MR) is 118 cm³/mol. The maximum atomic E-state index is 11.8. The minimum Gasteiger partial charge on any atom is -0.369 e. The van der Waals surface area contributed by atoms with E-state index in [9.17, 15) is 9.59 Å². The molecule has 2 aliphatic rings. The Labute approximate surface area is 179 Å². The van der Waals surface area contributed by atoms with Gasteiger partial charge in [-0.25, -0.2) is 0 Å². The van der Waals surface area contributed by atoms with E-state index in [4.69, 9.17) is 5.73 Å². The molecule has 2 atom stereocenters. The van der Waals surface area contributed by atoms with Crippen molar-refractivity contribution in [1.29, 1.82) is 0 Å². The number of nitrogens with two attached hydrogens (primary N) is 1. The van der Waals surface area contributed by atoms with E-state index >= 15 is 0 Å². The highest BCUT2D eigenvalue weighted by atomic mass is 127. The first-order valence-corrected chi connectivity index (χ1v) is 9.80. The standard InChI is InChI=1S/C18H34N6O2.HI/c1-3-16(25)24-11-7-15(13-24)22-18(20-2)21-8-5-10-23-9-4-6-14(12-23)17(19)26;/h14-15H,3-13H2,1-2H3,(H2,19,26)(H2,20,21,22);1H. The van der Waals surface area contributed by atoms with Crippen molar-refractivity contribution in [2.45, 2.75) is 45.1 Å². The number of nitrogens with one attached hydrogen (secondary N) is 2. The van der Waals surface area contributed by atoms with Crippen LogP contribution in [0.15, 0.2) is 4.99 Å². The van der Waals surface area contributed by atoms with E-state index in [1.54, 1.807) is 7.05 Å². The quantitative estimate of drug-likeness (QED) is 0.206. The van der Waals surface area contributed by atoms with Crippen LogP contribution in [0.5, 0.6) is 0 Å². The summed E-state index contributed by atoms with van der Waals surface area (Å²) in [6.07, 6.45) is 4.46. The van der Waals surface area contributed by atoms with E-state index in [-0.39, 0.29) is 47.8 Å². The number of hydrogen-bond donors (Lipinski definition) is 3. The third kappa shape index (κ3) is 7.81. The van der Waals surface area contributed by atoms with Crippen molar-refractivity contribution in [3.63, 3.8) is 0 Å². The maximum Gasteiger partial charge on any atom is 0.222 e. The molecule has 2 saturated heterocycles. The Morgan fingerprint density at radius 1 is 1.22 bits per heavy atom. The number of carbonyl (C=O) groups is 2. The average Bonchev–Trinajstić information content (AvgIpc) is 3.12. The van der Waals surface area contributed by atoms with E-state index in [1.165, 1.54) is 0 Å². The van der Waals surface area contributed by atoms with Crippen molar-refractivity contribution in [2.24, 2.45) is 16.6 Å². The number of guanidine groups is 1. The highest BCUT2D eigenvalue weighted by Crippen LogP contribution is 2.15. The second kappa shape index (κ2) is 12.4. The van der Waals surface area contributed by atoms with Crippen LogP contribution in [0.2, 0.25) is 0 Å². The molecule has 2 rings (SSSR count). The van der Waals surface area contributed by atoms with Crippen LogP contribution in [-0.4, -0.2) is 79.9 Å². The topological polar surface area (TPSA) is 103 Å². The van der Waals surface area contributed by atoms with Crippen LogP contribution in [-0.2, 0) is 9.59 Å². The number of carbonyl (C=O) groups excluding carboxylic acids is 2. The number of hydrogen-bond acceptors (Lipinski definition) is 4. The van der Waals surface area contributed by atoms with E-state index < -0.39 is 0 Å². The first-order valence-electron chi connectivity index (χ1n) is 9.80. The summed E-state index contributed by atoms with van der Waals surface area (Å²) < 4.78 is 0. The number of aliphatic imine (C=N–C) groups is 1. The number of piperidine rings is 1. The van der Waals surface area contributed by atoms with Gasteiger partial charge in [-0.2, -0.15) is 0 Å². The molecule has 0 spiro atoms. The zero-order valence-corrected chi connectivity index (χ0v) is 18.9. The number of nitrogens with zero attached hydrogens (tertiary/aromatic N) is 3. The summed E-state index contributed by atoms with van der Waals surface area (Å²) in [5.74, 6) is 0.828. The molecule has 0 saturated carbocycles. The lowest BCUT2D eigenvalue weighted by Gasteiger charge is -2.31. The molecule has 2 unspecified atom stereocenters. The van der Waals surface area contributed by atoms with Gasteiger partial charge in [0.2, 0.25) is 11.8 Å². The fraction of sp³-hybridized carbons (Fsp3) is 0.833. The molecule has 0 aromatic carbocycles. The molecule has 9 heteroatoms. The lowest BCUT2D eigenvalue weighted by Crippen LogP contribution is -2.46. The van der Waals surface area contributed by atoms with Gasteiger partial charge in [0.15, 0.2) is 5.96 Å². The first kappa shape index (κ1) is 23.9. The lowest BCUT2D eigenvalue weighted by atomic mass is 9.97. The number of amides is 2. The predicted octanol–water partition coefficient (Wildman–Crippen LogP) is 0.368. The van der Waals surface area contributed by atoms with Crippen LogP contribution in [0.4, 0.5) is 0 Å². The van der Waals surface area contributed by atoms with E-state index in [1.807, 2.05) is 11.8 Å². The number of halogens is 1. The Bertz CT molecular complexity index is 516. The summed E-state index contributed by atoms with van der Waals surface area (Å²) in [5, 5.41) is 6.75. The number of likely N-dealkylation sites (tertiary alicyclic amines) is 2. The molecule has 2 amide bonds. The molecule has 27 heavy (non-hydrogen) atoms. The lowest BCUT2D eigenvalue weighted by molar-refractivity contribution is -0.129. The van der Waals surface area contributed by atoms with Gasteiger partial charge in [-0.15, -0.1) is 24.0 Å². The third-order valence-corrected chi connectivity index (χ3v) is 5.26. The molecule has 8 nitrogen and oxygen atoms in total. The van der Waals surface area contributed by atoms with Crippen molar-refractivity contribution in [3.05, 3.63) is 0 Å². The average molecular weight is 494 g/mol. The Balaban J connectivity index is 0.00000364. The Morgan fingerprint density at radius 3 is 2.67 bits per heavy atom. The van der Waals surface area contributed by atoms with Crippen molar-refractivity contribution in [1.82, 2.24) is 20.4 Å². The zero-order chi connectivity index (χ0) is 18.9. The van der Waals surface area contributed by atoms with Gasteiger partial charge in [-0.1, -0.05) is 6.92 Å². The Hall–Kier alpha value is -1.10. The fourth-order valence-electron chi connectivity index (χ4n) is 3.72. The van der Waals surface area contributed by atoms with Gasteiger partial charge in [0.1, 0.15) is 0 Å². The summed E-state index contributed by atoms with van der Waals surface area (Å²) >= 11 is 0. The molecular formula is C18H35IN6O2. The SMILES string of the molecule is CCC(=O)N1CCC(NC(=NC)NCCCN2CCCC(C(N)=O)C2)C1.I. The maximum absolute atomic E-state index is 11.8. The van der Waals surface area contributed by atoms with Gasteiger partial charge in [-0.3, -0.25) is 14.6 Å². The van der Waals surface area contributed by atoms with Crippen molar-refractivity contribution in [2.75, 3.05) is 46.3 Å². The van der Waals surface area contributed by atoms with Crippen LogP contribution in [0, 0.1) is 5.92 Å². The van der Waals surface area contributed by atoms with Crippen molar-refractivity contribution in [3.8, 4) is 0 Å². The highest BCUT2D eigenvalue weighted by Gasteiger charge is 2.26. The van der Waals surface area contributed by atoms with E-state index in [2.05, 4.69) is 20.5 Å². The van der Waals surface area contributed by atoms with E-state index in [0.717, 1.165) is 70.9 Å². The molecule has 2 fully saturated rings. The summed E-state index contributed by atoms with van der Waals surface area (Å²) in [4.78, 5) is 31.6. The minimum absolute atomic E-state index is 0. The third-order valence-electron chi connectivity index (χ3n) is 5.26. The van der Waals surface area contributed by atoms with Gasteiger partial charge in [0, 0.05) is 45.7 Å². The van der Waals surface area contributed by atoms with Crippen LogP contribution in [0.1, 0.15) is 39.0 Å². The van der Waals surface area contributed by atoms with Crippen molar-refractivity contribution >= 4 is 41.8 Å². The van der Waals surface area contributed by atoms with Gasteiger partial charge in [-0.05, 0) is 38.8 Å². The second-order valence-electron chi connectivity index (χ2n) is 7.22. The summed E-state index contributed by atoms with van der Waals surface area (Å²) in [6.45, 7) is 7.06. The summed E-state index contributed by atoms with van der Waals surface area (Å²) in [7, 11) is 1.77. The fourth-order valence-corrected chi connectivity index (χ4v) is 3.72. The largest absolute Gasteiger partial charge is 0.369 e. The van der Waals surface area contributed by atoms with E-state index in [0.29, 0.717) is 6.42 Å². The molecule has 2 heterocycles. The zero-order valence-electron chi connectivity index (χ0n) is 16.6. The molecule has 0 aromatic rings. The van der Waals surface area contributed by atoms with Crippen LogP contribution >= 0.6 is 24.0 Å². The number of primary amides is 1. The first-order chi connectivity index (χ1) is 12.5. The molecule has 0 aromatic heterocycles. The van der Waals surface area contributed by atoms with Crippen LogP contribution < -0.4 is 16.4 Å². The van der Waals surface area contributed by atoms with Crippen molar-refractivity contribution < 1.29 is 9.59 Å². The van der Waals surface area contributed by atoms with Crippen LogP contribution in [0.3, 0.4) is 0 Å². The molecule has 0 bridgehead atoms. The Morgan fingerprint density at radius 2 is 2.00 bits per heavy atom. The molecule has 156 valence electrons. The summed E-state index contributed by atoms with van der Waals surface area (Å²) in [6, 6.07) is 0.259. The van der Waals surface area contributed by atoms with Gasteiger partial charge < -0.3 is 26.2 Å². The minimum atomic E-state index is -0.176. The molecule has 2 aliphatic heterocycles. The smallest absolute Gasteiger partial charge is 0.222 e. The number of rotatable bonds is 7. The van der Waals surface area contributed by atoms with Gasteiger partial charge in [0.05, 0.1) is 5.92 Å².